The molecule has 0 aliphatic carbocycles. The second-order valence-electron chi connectivity index (χ2n) is 5.86. The van der Waals surface area contributed by atoms with Crippen LogP contribution in [-0.2, 0) is 11.3 Å². The molecule has 0 spiro atoms. The molecule has 3 rings (SSSR count). The van der Waals surface area contributed by atoms with Crippen molar-refractivity contribution >= 4 is 5.91 Å². The normalized spacial score (nSPS) is 15.6. The maximum absolute atomic E-state index is 12.2. The van der Waals surface area contributed by atoms with E-state index in [-0.39, 0.29) is 5.91 Å². The molecule has 1 fully saturated rings. The first-order valence-corrected chi connectivity index (χ1v) is 8.09. The van der Waals surface area contributed by atoms with E-state index >= 15 is 0 Å². The first-order valence-electron chi connectivity index (χ1n) is 8.09. The maximum Gasteiger partial charge on any atom is 0.224 e. The molecule has 6 heteroatoms. The molecule has 6 nitrogen and oxygen atoms in total. The van der Waals surface area contributed by atoms with Gasteiger partial charge in [-0.05, 0) is 30.9 Å². The predicted molar refractivity (Wildman–Crippen MR) is 85.9 cm³/mol. The van der Waals surface area contributed by atoms with Crippen molar-refractivity contribution in [2.75, 3.05) is 19.7 Å². The Morgan fingerprint density at radius 1 is 1.22 bits per heavy atom. The van der Waals surface area contributed by atoms with Crippen molar-refractivity contribution in [2.45, 2.75) is 25.8 Å². The van der Waals surface area contributed by atoms with E-state index in [1.807, 2.05) is 35.2 Å². The summed E-state index contributed by atoms with van der Waals surface area (Å²) in [6, 6.07) is 9.89. The number of para-hydroxylation sites is 1. The van der Waals surface area contributed by atoms with Crippen LogP contribution in [0.3, 0.4) is 0 Å². The van der Waals surface area contributed by atoms with Gasteiger partial charge >= 0.3 is 0 Å². The van der Waals surface area contributed by atoms with Gasteiger partial charge in [-0.3, -0.25) is 9.48 Å². The molecule has 0 N–H and O–H groups in total. The number of hydrogen-bond donors (Lipinski definition) is 0. The summed E-state index contributed by atoms with van der Waals surface area (Å²) < 4.78 is 7.51. The lowest BCUT2D eigenvalue weighted by Crippen LogP contribution is -2.40. The van der Waals surface area contributed by atoms with E-state index in [2.05, 4.69) is 10.1 Å². The zero-order valence-corrected chi connectivity index (χ0v) is 13.2. The summed E-state index contributed by atoms with van der Waals surface area (Å²) in [5.74, 6) is 1.64. The minimum atomic E-state index is 0.197. The molecule has 1 aliphatic rings. The van der Waals surface area contributed by atoms with E-state index in [1.54, 1.807) is 11.0 Å². The number of nitrogens with zero attached hydrogens (tertiary/aromatic N) is 4. The zero-order valence-electron chi connectivity index (χ0n) is 13.2. The summed E-state index contributed by atoms with van der Waals surface area (Å²) in [7, 11) is 0. The van der Waals surface area contributed by atoms with Crippen molar-refractivity contribution in [1.29, 1.82) is 0 Å². The third kappa shape index (κ3) is 4.55. The second kappa shape index (κ2) is 7.76. The van der Waals surface area contributed by atoms with Gasteiger partial charge in [-0.15, -0.1) is 0 Å². The molecule has 2 aromatic rings. The van der Waals surface area contributed by atoms with E-state index in [0.29, 0.717) is 18.9 Å². The van der Waals surface area contributed by atoms with Crippen LogP contribution in [0.25, 0.3) is 0 Å². The lowest BCUT2D eigenvalue weighted by molar-refractivity contribution is -0.133. The molecular weight excluding hydrogens is 292 g/mol. The number of aromatic nitrogens is 3. The van der Waals surface area contributed by atoms with Crippen LogP contribution >= 0.6 is 0 Å². The van der Waals surface area contributed by atoms with Crippen molar-refractivity contribution in [3.8, 4) is 5.75 Å². The van der Waals surface area contributed by atoms with Gasteiger partial charge in [0, 0.05) is 19.5 Å². The molecule has 1 aliphatic heterocycles. The summed E-state index contributed by atoms with van der Waals surface area (Å²) in [5.41, 5.74) is 0. The Bertz CT molecular complexity index is 592. The van der Waals surface area contributed by atoms with E-state index in [4.69, 9.17) is 4.74 Å². The van der Waals surface area contributed by atoms with Crippen LogP contribution in [0.2, 0.25) is 0 Å². The zero-order chi connectivity index (χ0) is 15.9. The molecule has 0 atom stereocenters. The molecule has 1 aromatic carbocycles. The molecule has 122 valence electrons. The van der Waals surface area contributed by atoms with Gasteiger partial charge in [0.25, 0.3) is 0 Å². The molecule has 0 unspecified atom stereocenters. The Kier molecular flexibility index (Phi) is 5.24. The molecule has 1 amide bonds. The number of ether oxygens (including phenoxy) is 1. The number of hydrogen-bond acceptors (Lipinski definition) is 4. The molecule has 2 heterocycles. The van der Waals surface area contributed by atoms with E-state index in [0.717, 1.165) is 38.3 Å². The molecule has 0 radical (unpaired) electrons. The Balaban J connectivity index is 1.37. The van der Waals surface area contributed by atoms with Gasteiger partial charge in [0.2, 0.25) is 5.91 Å². The van der Waals surface area contributed by atoms with Crippen LogP contribution in [0.5, 0.6) is 5.75 Å². The van der Waals surface area contributed by atoms with E-state index in [9.17, 15) is 4.79 Å². The van der Waals surface area contributed by atoms with Crippen LogP contribution < -0.4 is 4.74 Å². The van der Waals surface area contributed by atoms with E-state index in [1.165, 1.54) is 6.33 Å². The fraction of sp³-hybridized carbons (Fsp3) is 0.471. The third-order valence-electron chi connectivity index (χ3n) is 4.22. The average Bonchev–Trinajstić information content (AvgIpc) is 3.13. The Labute approximate surface area is 136 Å². The quantitative estimate of drug-likeness (QED) is 0.818. The van der Waals surface area contributed by atoms with Crippen molar-refractivity contribution in [3.05, 3.63) is 43.0 Å². The Morgan fingerprint density at radius 2 is 2.00 bits per heavy atom. The topological polar surface area (TPSA) is 60.2 Å². The fourth-order valence-electron chi connectivity index (χ4n) is 2.80. The Hall–Kier alpha value is -2.37. The number of amides is 1. The third-order valence-corrected chi connectivity index (χ3v) is 4.22. The van der Waals surface area contributed by atoms with Gasteiger partial charge in [0.15, 0.2) is 0 Å². The summed E-state index contributed by atoms with van der Waals surface area (Å²) in [4.78, 5) is 18.0. The highest BCUT2D eigenvalue weighted by Gasteiger charge is 2.23. The standard InChI is InChI=1S/C17H22N4O2/c22-17(8-11-21-14-18-13-19-21)20-9-6-15(7-10-20)12-23-16-4-2-1-3-5-16/h1-5,13-15H,6-12H2. The largest absolute Gasteiger partial charge is 0.493 e. The molecule has 1 aromatic heterocycles. The van der Waals surface area contributed by atoms with Crippen molar-refractivity contribution in [3.63, 3.8) is 0 Å². The molecule has 1 saturated heterocycles. The van der Waals surface area contributed by atoms with Crippen LogP contribution in [0, 0.1) is 5.92 Å². The number of likely N-dealkylation sites (tertiary alicyclic amines) is 1. The maximum atomic E-state index is 12.2. The highest BCUT2D eigenvalue weighted by atomic mass is 16.5. The fourth-order valence-corrected chi connectivity index (χ4v) is 2.80. The van der Waals surface area contributed by atoms with Crippen molar-refractivity contribution < 1.29 is 9.53 Å². The second-order valence-corrected chi connectivity index (χ2v) is 5.86. The number of rotatable bonds is 6. The summed E-state index contributed by atoms with van der Waals surface area (Å²) in [5, 5.41) is 4.02. The van der Waals surface area contributed by atoms with Crippen LogP contribution in [-0.4, -0.2) is 45.3 Å². The highest BCUT2D eigenvalue weighted by Crippen LogP contribution is 2.20. The average molecular weight is 314 g/mol. The van der Waals surface area contributed by atoms with Gasteiger partial charge in [-0.25, -0.2) is 4.98 Å². The number of carbonyl (C=O) groups is 1. The predicted octanol–water partition coefficient (Wildman–Crippen LogP) is 1.99. The first-order chi connectivity index (χ1) is 11.3. The summed E-state index contributed by atoms with van der Waals surface area (Å²) in [6.45, 7) is 2.96. The monoisotopic (exact) mass is 314 g/mol. The summed E-state index contributed by atoms with van der Waals surface area (Å²) >= 11 is 0. The lowest BCUT2D eigenvalue weighted by atomic mass is 9.97. The minimum Gasteiger partial charge on any atom is -0.493 e. The summed E-state index contributed by atoms with van der Waals surface area (Å²) in [6.07, 6.45) is 5.61. The lowest BCUT2D eigenvalue weighted by Gasteiger charge is -2.32. The van der Waals surface area contributed by atoms with E-state index < -0.39 is 0 Å². The molecule has 0 bridgehead atoms. The van der Waals surface area contributed by atoms with Crippen LogP contribution in [0.4, 0.5) is 0 Å². The number of piperidine rings is 1. The first kappa shape index (κ1) is 15.5. The van der Waals surface area contributed by atoms with Gasteiger partial charge in [-0.2, -0.15) is 5.10 Å². The van der Waals surface area contributed by atoms with Gasteiger partial charge in [-0.1, -0.05) is 18.2 Å². The minimum absolute atomic E-state index is 0.197. The van der Waals surface area contributed by atoms with Crippen LogP contribution in [0.15, 0.2) is 43.0 Å². The van der Waals surface area contributed by atoms with Gasteiger partial charge < -0.3 is 9.64 Å². The smallest absolute Gasteiger partial charge is 0.224 e. The highest BCUT2D eigenvalue weighted by molar-refractivity contribution is 5.76. The van der Waals surface area contributed by atoms with Crippen molar-refractivity contribution in [1.82, 2.24) is 19.7 Å². The van der Waals surface area contributed by atoms with Crippen molar-refractivity contribution in [2.24, 2.45) is 5.92 Å². The molecule has 23 heavy (non-hydrogen) atoms. The molecular formula is C17H22N4O2. The number of aryl methyl sites for hydroxylation is 1. The molecule has 0 saturated carbocycles. The Morgan fingerprint density at radius 3 is 2.70 bits per heavy atom. The van der Waals surface area contributed by atoms with Crippen LogP contribution in [0.1, 0.15) is 19.3 Å². The number of benzene rings is 1. The SMILES string of the molecule is O=C(CCn1cncn1)N1CCC(COc2ccccc2)CC1. The number of carbonyl (C=O) groups excluding carboxylic acids is 1. The van der Waals surface area contributed by atoms with Gasteiger partial charge in [0.05, 0.1) is 13.2 Å². The van der Waals surface area contributed by atoms with Gasteiger partial charge in [0.1, 0.15) is 18.4 Å².